The number of nitrogens with two attached hydrogens (primary N) is 1. The molecule has 0 aromatic heterocycles. The second kappa shape index (κ2) is 5.01. The molecule has 3 aromatic rings. The number of aromatic hydroxyl groups is 1. The third-order valence-electron chi connectivity index (χ3n) is 3.09. The molecule has 20 heavy (non-hydrogen) atoms. The largest absolute Gasteiger partial charge is 0.506 e. The van der Waals surface area contributed by atoms with Gasteiger partial charge >= 0.3 is 0 Å². The summed E-state index contributed by atoms with van der Waals surface area (Å²) in [6, 6.07) is 18.7. The van der Waals surface area contributed by atoms with Crippen molar-refractivity contribution in [2.24, 2.45) is 10.2 Å². The minimum atomic E-state index is 0.0133. The molecule has 0 saturated heterocycles. The molecule has 0 spiro atoms. The summed E-state index contributed by atoms with van der Waals surface area (Å²) < 4.78 is 0. The molecule has 0 amide bonds. The molecule has 0 unspecified atom stereocenters. The van der Waals surface area contributed by atoms with Crippen LogP contribution in [0.3, 0.4) is 0 Å². The lowest BCUT2D eigenvalue weighted by Gasteiger charge is -2.02. The first-order valence-corrected chi connectivity index (χ1v) is 6.22. The number of nitrogens with zero attached hydrogens (tertiary/aromatic N) is 2. The third-order valence-corrected chi connectivity index (χ3v) is 3.09. The van der Waals surface area contributed by atoms with Gasteiger partial charge in [-0.1, -0.05) is 42.5 Å². The van der Waals surface area contributed by atoms with Crippen LogP contribution in [0.5, 0.6) is 5.75 Å². The average molecular weight is 263 g/mol. The number of rotatable bonds is 2. The molecule has 4 heteroatoms. The number of anilines is 1. The zero-order valence-corrected chi connectivity index (χ0v) is 10.7. The number of phenolic OH excluding ortho intramolecular Hbond substituents is 1. The van der Waals surface area contributed by atoms with Crippen LogP contribution in [0.25, 0.3) is 10.8 Å². The predicted molar refractivity (Wildman–Crippen MR) is 80.6 cm³/mol. The van der Waals surface area contributed by atoms with Gasteiger partial charge in [0, 0.05) is 5.39 Å². The van der Waals surface area contributed by atoms with E-state index in [1.165, 1.54) is 6.07 Å². The summed E-state index contributed by atoms with van der Waals surface area (Å²) >= 11 is 0. The highest BCUT2D eigenvalue weighted by atomic mass is 16.3. The van der Waals surface area contributed by atoms with E-state index in [0.29, 0.717) is 5.69 Å². The van der Waals surface area contributed by atoms with E-state index in [-0.39, 0.29) is 11.4 Å². The summed E-state index contributed by atoms with van der Waals surface area (Å²) in [6.07, 6.45) is 0. The Morgan fingerprint density at radius 3 is 2.30 bits per heavy atom. The van der Waals surface area contributed by atoms with Crippen molar-refractivity contribution >= 4 is 27.8 Å². The van der Waals surface area contributed by atoms with Crippen LogP contribution < -0.4 is 5.73 Å². The van der Waals surface area contributed by atoms with Crippen molar-refractivity contribution in [1.29, 1.82) is 0 Å². The van der Waals surface area contributed by atoms with Crippen molar-refractivity contribution in [3.8, 4) is 5.75 Å². The van der Waals surface area contributed by atoms with Crippen molar-refractivity contribution in [2.45, 2.75) is 0 Å². The summed E-state index contributed by atoms with van der Waals surface area (Å²) in [4.78, 5) is 0. The first-order chi connectivity index (χ1) is 9.75. The highest BCUT2D eigenvalue weighted by Gasteiger charge is 2.03. The topological polar surface area (TPSA) is 71.0 Å². The third kappa shape index (κ3) is 2.19. The van der Waals surface area contributed by atoms with E-state index in [2.05, 4.69) is 10.2 Å². The first-order valence-electron chi connectivity index (χ1n) is 6.22. The number of fused-ring (bicyclic) bond motifs is 1. The second-order valence-corrected chi connectivity index (χ2v) is 4.41. The normalized spacial score (nSPS) is 11.2. The van der Waals surface area contributed by atoms with Gasteiger partial charge in [-0.2, -0.15) is 0 Å². The highest BCUT2D eigenvalue weighted by Crippen LogP contribution is 2.33. The SMILES string of the molecule is Nc1c(O)cccc1N=Nc1cccc2ccccc12. The molecule has 0 aliphatic heterocycles. The fourth-order valence-corrected chi connectivity index (χ4v) is 2.03. The Kier molecular flexibility index (Phi) is 3.05. The van der Waals surface area contributed by atoms with Gasteiger partial charge in [0.1, 0.15) is 17.1 Å². The zero-order valence-electron chi connectivity index (χ0n) is 10.7. The standard InChI is InChI=1S/C16H13N3O/c17-16-14(9-4-10-15(16)20)19-18-13-8-3-6-11-5-1-2-7-12(11)13/h1-10,20H,17H2. The van der Waals surface area contributed by atoms with Crippen LogP contribution >= 0.6 is 0 Å². The Bertz CT molecular complexity index is 791. The van der Waals surface area contributed by atoms with Crippen LogP contribution in [-0.4, -0.2) is 5.11 Å². The van der Waals surface area contributed by atoms with E-state index >= 15 is 0 Å². The lowest BCUT2D eigenvalue weighted by atomic mass is 10.1. The molecule has 3 N–H and O–H groups in total. The van der Waals surface area contributed by atoms with E-state index < -0.39 is 0 Å². The Hall–Kier alpha value is -2.88. The Morgan fingerprint density at radius 1 is 0.750 bits per heavy atom. The second-order valence-electron chi connectivity index (χ2n) is 4.41. The fourth-order valence-electron chi connectivity index (χ4n) is 2.03. The lowest BCUT2D eigenvalue weighted by Crippen LogP contribution is -1.85. The lowest BCUT2D eigenvalue weighted by molar-refractivity contribution is 0.478. The van der Waals surface area contributed by atoms with E-state index in [1.54, 1.807) is 12.1 Å². The summed E-state index contributed by atoms with van der Waals surface area (Å²) in [7, 11) is 0. The number of nitrogen functional groups attached to an aromatic ring is 1. The van der Waals surface area contributed by atoms with E-state index in [1.807, 2.05) is 42.5 Å². The molecule has 0 radical (unpaired) electrons. The average Bonchev–Trinajstić information content (AvgIpc) is 2.49. The quantitative estimate of drug-likeness (QED) is 0.404. The van der Waals surface area contributed by atoms with Crippen LogP contribution in [0, 0.1) is 0 Å². The van der Waals surface area contributed by atoms with E-state index in [9.17, 15) is 5.11 Å². The maximum absolute atomic E-state index is 9.54. The number of phenols is 1. The number of hydrogen-bond donors (Lipinski definition) is 2. The molecule has 98 valence electrons. The van der Waals surface area contributed by atoms with Crippen LogP contribution in [0.4, 0.5) is 17.1 Å². The van der Waals surface area contributed by atoms with Gasteiger partial charge in [-0.15, -0.1) is 10.2 Å². The summed E-state index contributed by atoms with van der Waals surface area (Å²) in [6.45, 7) is 0. The minimum absolute atomic E-state index is 0.0133. The molecule has 0 aliphatic carbocycles. The number of para-hydroxylation sites is 1. The van der Waals surface area contributed by atoms with E-state index in [4.69, 9.17) is 5.73 Å². The van der Waals surface area contributed by atoms with Crippen molar-refractivity contribution in [2.75, 3.05) is 5.73 Å². The minimum Gasteiger partial charge on any atom is -0.506 e. The van der Waals surface area contributed by atoms with Gasteiger partial charge in [0.05, 0.1) is 5.69 Å². The van der Waals surface area contributed by atoms with Gasteiger partial charge < -0.3 is 10.8 Å². The summed E-state index contributed by atoms with van der Waals surface area (Å²) in [5.41, 5.74) is 7.21. The van der Waals surface area contributed by atoms with Gasteiger partial charge in [0.15, 0.2) is 0 Å². The maximum Gasteiger partial charge on any atom is 0.140 e. The number of benzene rings is 3. The zero-order chi connectivity index (χ0) is 13.9. The molecule has 0 saturated carbocycles. The molecule has 0 aliphatic rings. The maximum atomic E-state index is 9.54. The molecule has 0 bridgehead atoms. The van der Waals surface area contributed by atoms with Crippen LogP contribution in [0.1, 0.15) is 0 Å². The van der Waals surface area contributed by atoms with Crippen molar-refractivity contribution < 1.29 is 5.11 Å². The van der Waals surface area contributed by atoms with Gasteiger partial charge in [-0.25, -0.2) is 0 Å². The molecule has 3 aromatic carbocycles. The fraction of sp³-hybridized carbons (Fsp3) is 0. The molecule has 0 atom stereocenters. The molecular formula is C16H13N3O. The van der Waals surface area contributed by atoms with Gasteiger partial charge in [-0.3, -0.25) is 0 Å². The van der Waals surface area contributed by atoms with E-state index in [0.717, 1.165) is 16.5 Å². The first kappa shape index (κ1) is 12.2. The van der Waals surface area contributed by atoms with Crippen LogP contribution in [0.2, 0.25) is 0 Å². The Labute approximate surface area is 116 Å². The molecule has 3 rings (SSSR count). The van der Waals surface area contributed by atoms with Crippen molar-refractivity contribution in [3.63, 3.8) is 0 Å². The molecule has 4 nitrogen and oxygen atoms in total. The smallest absolute Gasteiger partial charge is 0.140 e. The monoisotopic (exact) mass is 263 g/mol. The van der Waals surface area contributed by atoms with Gasteiger partial charge in [-0.05, 0) is 23.6 Å². The van der Waals surface area contributed by atoms with Gasteiger partial charge in [0.25, 0.3) is 0 Å². The van der Waals surface area contributed by atoms with Crippen molar-refractivity contribution in [3.05, 3.63) is 60.7 Å². The Morgan fingerprint density at radius 2 is 1.40 bits per heavy atom. The Balaban J connectivity index is 2.05. The summed E-state index contributed by atoms with van der Waals surface area (Å²) in [5.74, 6) is 0.0133. The highest BCUT2D eigenvalue weighted by molar-refractivity contribution is 5.92. The number of azo groups is 1. The summed E-state index contributed by atoms with van der Waals surface area (Å²) in [5, 5.41) is 20.0. The van der Waals surface area contributed by atoms with Crippen molar-refractivity contribution in [1.82, 2.24) is 0 Å². The van der Waals surface area contributed by atoms with Crippen LogP contribution in [-0.2, 0) is 0 Å². The van der Waals surface area contributed by atoms with Crippen LogP contribution in [0.15, 0.2) is 70.9 Å². The molecular weight excluding hydrogens is 250 g/mol. The predicted octanol–water partition coefficient (Wildman–Crippen LogP) is 4.54. The molecule has 0 fully saturated rings. The van der Waals surface area contributed by atoms with Gasteiger partial charge in [0.2, 0.25) is 0 Å². The number of hydrogen-bond acceptors (Lipinski definition) is 4. The molecule has 0 heterocycles.